The van der Waals surface area contributed by atoms with E-state index in [2.05, 4.69) is 18.3 Å². The summed E-state index contributed by atoms with van der Waals surface area (Å²) in [5, 5.41) is 12.0. The molecule has 0 aromatic heterocycles. The molecule has 1 rings (SSSR count). The molecule has 86 valence electrons. The predicted molar refractivity (Wildman–Crippen MR) is 68.2 cm³/mol. The van der Waals surface area contributed by atoms with Crippen LogP contribution < -0.4 is 11.1 Å². The quantitative estimate of drug-likeness (QED) is 0.568. The minimum absolute atomic E-state index is 0.644. The molecule has 0 atom stereocenters. The van der Waals surface area contributed by atoms with Gasteiger partial charge in [0.2, 0.25) is 0 Å². The molecule has 16 heavy (non-hydrogen) atoms. The van der Waals surface area contributed by atoms with Gasteiger partial charge in [0.05, 0.1) is 23.0 Å². The van der Waals surface area contributed by atoms with Gasteiger partial charge in [-0.25, -0.2) is 0 Å². The Morgan fingerprint density at radius 3 is 2.81 bits per heavy atom. The summed E-state index contributed by atoms with van der Waals surface area (Å²) in [6.45, 7) is 3.11. The lowest BCUT2D eigenvalue weighted by Crippen LogP contribution is -2.04. The van der Waals surface area contributed by atoms with Crippen molar-refractivity contribution in [1.82, 2.24) is 0 Å². The highest BCUT2D eigenvalue weighted by Gasteiger charge is 1.99. The third-order valence-corrected chi connectivity index (χ3v) is 2.53. The van der Waals surface area contributed by atoms with Gasteiger partial charge in [0.15, 0.2) is 0 Å². The van der Waals surface area contributed by atoms with E-state index in [9.17, 15) is 0 Å². The van der Waals surface area contributed by atoms with Crippen LogP contribution in [0.3, 0.4) is 0 Å². The highest BCUT2D eigenvalue weighted by Crippen LogP contribution is 2.19. The monoisotopic (exact) mass is 217 g/mol. The average molecular weight is 217 g/mol. The first-order valence-corrected chi connectivity index (χ1v) is 5.81. The molecule has 0 radical (unpaired) electrons. The molecule has 0 spiro atoms. The second-order valence-electron chi connectivity index (χ2n) is 3.90. The molecular formula is C13H19N3. The van der Waals surface area contributed by atoms with Gasteiger partial charge >= 0.3 is 0 Å². The number of nitriles is 1. The van der Waals surface area contributed by atoms with Gasteiger partial charge in [-0.15, -0.1) is 0 Å². The fraction of sp³-hybridized carbons (Fsp3) is 0.462. The van der Waals surface area contributed by atoms with Gasteiger partial charge in [0.25, 0.3) is 0 Å². The van der Waals surface area contributed by atoms with E-state index in [1.807, 2.05) is 0 Å². The molecule has 0 heterocycles. The van der Waals surface area contributed by atoms with Crippen molar-refractivity contribution in [2.45, 2.75) is 32.6 Å². The third kappa shape index (κ3) is 3.82. The van der Waals surface area contributed by atoms with E-state index in [0.717, 1.165) is 18.7 Å². The topological polar surface area (TPSA) is 61.8 Å². The van der Waals surface area contributed by atoms with Crippen LogP contribution in [-0.2, 0) is 0 Å². The third-order valence-electron chi connectivity index (χ3n) is 2.53. The predicted octanol–water partition coefficient (Wildman–Crippen LogP) is 3.13. The zero-order valence-electron chi connectivity index (χ0n) is 9.79. The standard InChI is InChI=1S/C13H19N3/c1-2-3-4-5-8-16-13-9-11(10-14)6-7-12(13)15/h6-7,9,16H,2-5,8,15H2,1H3. The van der Waals surface area contributed by atoms with Crippen molar-refractivity contribution in [2.24, 2.45) is 0 Å². The Balaban J connectivity index is 2.44. The van der Waals surface area contributed by atoms with E-state index in [4.69, 9.17) is 11.0 Å². The maximum absolute atomic E-state index is 8.78. The lowest BCUT2D eigenvalue weighted by molar-refractivity contribution is 0.685. The fourth-order valence-electron chi connectivity index (χ4n) is 1.55. The first-order chi connectivity index (χ1) is 7.77. The smallest absolute Gasteiger partial charge is 0.0992 e. The molecule has 3 N–H and O–H groups in total. The van der Waals surface area contributed by atoms with E-state index >= 15 is 0 Å². The first-order valence-electron chi connectivity index (χ1n) is 5.81. The number of unbranched alkanes of at least 4 members (excludes halogenated alkanes) is 3. The number of nitrogens with one attached hydrogen (secondary N) is 1. The summed E-state index contributed by atoms with van der Waals surface area (Å²) in [7, 11) is 0. The Bertz CT molecular complexity index is 366. The van der Waals surface area contributed by atoms with E-state index < -0.39 is 0 Å². The Kier molecular flexibility index (Phi) is 5.21. The number of benzene rings is 1. The molecule has 0 saturated heterocycles. The lowest BCUT2D eigenvalue weighted by Gasteiger charge is -2.09. The van der Waals surface area contributed by atoms with Crippen LogP contribution in [-0.4, -0.2) is 6.54 Å². The van der Waals surface area contributed by atoms with Crippen LogP contribution in [0.4, 0.5) is 11.4 Å². The summed E-state index contributed by atoms with van der Waals surface area (Å²) in [6.07, 6.45) is 4.90. The minimum Gasteiger partial charge on any atom is -0.397 e. The number of nitrogen functional groups attached to an aromatic ring is 1. The first kappa shape index (κ1) is 12.4. The van der Waals surface area contributed by atoms with Crippen molar-refractivity contribution < 1.29 is 0 Å². The Morgan fingerprint density at radius 2 is 2.12 bits per heavy atom. The van der Waals surface area contributed by atoms with Gasteiger partial charge in [-0.3, -0.25) is 0 Å². The lowest BCUT2D eigenvalue weighted by atomic mass is 10.1. The van der Waals surface area contributed by atoms with Gasteiger partial charge in [-0.05, 0) is 24.6 Å². The minimum atomic E-state index is 0.644. The second-order valence-corrected chi connectivity index (χ2v) is 3.90. The Hall–Kier alpha value is -1.69. The van der Waals surface area contributed by atoms with Gasteiger partial charge in [-0.1, -0.05) is 26.2 Å². The molecule has 1 aromatic rings. The van der Waals surface area contributed by atoms with Crippen LogP contribution >= 0.6 is 0 Å². The van der Waals surface area contributed by atoms with Crippen molar-refractivity contribution >= 4 is 11.4 Å². The van der Waals surface area contributed by atoms with Crippen LogP contribution in [0.2, 0.25) is 0 Å². The van der Waals surface area contributed by atoms with E-state index in [-0.39, 0.29) is 0 Å². The number of nitrogens with two attached hydrogens (primary N) is 1. The molecule has 3 nitrogen and oxygen atoms in total. The Morgan fingerprint density at radius 1 is 1.31 bits per heavy atom. The maximum atomic E-state index is 8.78. The molecule has 0 saturated carbocycles. The van der Waals surface area contributed by atoms with Crippen molar-refractivity contribution in [3.8, 4) is 6.07 Å². The normalized spacial score (nSPS) is 9.75. The van der Waals surface area contributed by atoms with Gasteiger partial charge in [0, 0.05) is 6.54 Å². The molecule has 0 fully saturated rings. The van der Waals surface area contributed by atoms with Crippen molar-refractivity contribution in [1.29, 1.82) is 5.26 Å². The van der Waals surface area contributed by atoms with Crippen LogP contribution in [0.1, 0.15) is 38.2 Å². The zero-order chi connectivity index (χ0) is 11.8. The number of anilines is 2. The number of hydrogen-bond donors (Lipinski definition) is 2. The highest BCUT2D eigenvalue weighted by atomic mass is 14.9. The number of nitrogens with zero attached hydrogens (tertiary/aromatic N) is 1. The number of rotatable bonds is 6. The highest BCUT2D eigenvalue weighted by molar-refractivity contribution is 5.68. The van der Waals surface area contributed by atoms with Crippen LogP contribution in [0, 0.1) is 11.3 Å². The summed E-state index contributed by atoms with van der Waals surface area (Å²) in [5.74, 6) is 0. The van der Waals surface area contributed by atoms with Crippen LogP contribution in [0.15, 0.2) is 18.2 Å². The van der Waals surface area contributed by atoms with E-state index in [0.29, 0.717) is 11.3 Å². The molecule has 0 aliphatic heterocycles. The van der Waals surface area contributed by atoms with Crippen molar-refractivity contribution in [3.63, 3.8) is 0 Å². The summed E-state index contributed by atoms with van der Waals surface area (Å²) in [6, 6.07) is 7.41. The summed E-state index contributed by atoms with van der Waals surface area (Å²) >= 11 is 0. The van der Waals surface area contributed by atoms with E-state index in [1.165, 1.54) is 19.3 Å². The molecule has 1 aromatic carbocycles. The summed E-state index contributed by atoms with van der Waals surface area (Å²) < 4.78 is 0. The average Bonchev–Trinajstić information content (AvgIpc) is 2.31. The van der Waals surface area contributed by atoms with Crippen molar-refractivity contribution in [2.75, 3.05) is 17.6 Å². The maximum Gasteiger partial charge on any atom is 0.0992 e. The SMILES string of the molecule is CCCCCCNc1cc(C#N)ccc1N. The summed E-state index contributed by atoms with van der Waals surface area (Å²) in [4.78, 5) is 0. The van der Waals surface area contributed by atoms with Crippen LogP contribution in [0.25, 0.3) is 0 Å². The fourth-order valence-corrected chi connectivity index (χ4v) is 1.55. The van der Waals surface area contributed by atoms with Gasteiger partial charge < -0.3 is 11.1 Å². The molecule has 0 unspecified atom stereocenters. The molecule has 0 aliphatic rings. The van der Waals surface area contributed by atoms with Crippen LogP contribution in [0.5, 0.6) is 0 Å². The Labute approximate surface area is 97.3 Å². The molecule has 0 amide bonds. The van der Waals surface area contributed by atoms with Crippen molar-refractivity contribution in [3.05, 3.63) is 23.8 Å². The van der Waals surface area contributed by atoms with E-state index in [1.54, 1.807) is 18.2 Å². The molecular weight excluding hydrogens is 198 g/mol. The molecule has 0 bridgehead atoms. The van der Waals surface area contributed by atoms with Gasteiger partial charge in [-0.2, -0.15) is 5.26 Å². The zero-order valence-corrected chi connectivity index (χ0v) is 9.79. The number of hydrogen-bond acceptors (Lipinski definition) is 3. The largest absolute Gasteiger partial charge is 0.397 e. The second kappa shape index (κ2) is 6.73. The molecule has 3 heteroatoms. The van der Waals surface area contributed by atoms with Gasteiger partial charge in [0.1, 0.15) is 0 Å². The molecule has 0 aliphatic carbocycles. The summed E-state index contributed by atoms with van der Waals surface area (Å²) in [5.41, 5.74) is 8.03.